The summed E-state index contributed by atoms with van der Waals surface area (Å²) in [6.07, 6.45) is -8.77. The fourth-order valence-corrected chi connectivity index (χ4v) is 6.33. The Hall–Kier alpha value is -3.06. The summed E-state index contributed by atoms with van der Waals surface area (Å²) >= 11 is 0. The number of fused-ring (bicyclic) bond motifs is 3. The molecule has 216 valence electrons. The first-order chi connectivity index (χ1) is 19.0. The normalized spacial score (nSPS) is 39.4. The van der Waals surface area contributed by atoms with Crippen molar-refractivity contribution in [1.29, 1.82) is 0 Å². The van der Waals surface area contributed by atoms with Crippen molar-refractivity contribution in [2.24, 2.45) is 17.8 Å². The van der Waals surface area contributed by atoms with E-state index in [1.165, 1.54) is 12.1 Å². The molecule has 5 rings (SSSR count). The number of phenols is 1. The summed E-state index contributed by atoms with van der Waals surface area (Å²) in [7, 11) is 0. The molecule has 0 bridgehead atoms. The Morgan fingerprint density at radius 1 is 1.02 bits per heavy atom. The van der Waals surface area contributed by atoms with E-state index in [1.54, 1.807) is 12.1 Å². The summed E-state index contributed by atoms with van der Waals surface area (Å²) < 4.78 is 23.2. The third kappa shape index (κ3) is 5.09. The van der Waals surface area contributed by atoms with E-state index in [-0.39, 0.29) is 30.1 Å². The topological polar surface area (TPSA) is 172 Å². The standard InChI is InChI=1S/C29H34O11/c1-12-8-19(37-21(32)9-15-4-6-16(31)7-5-15)23-14(3)28(36)40-27(23)22-13(2)18(10-17(12)22)38-29-26(35)25(34)24(33)20(11-30)39-29/h4-7,17-20,22-27,29-31,33-35H,1-3,8-11H2. The molecule has 11 nitrogen and oxygen atoms in total. The molecule has 1 aromatic rings. The van der Waals surface area contributed by atoms with Crippen LogP contribution in [-0.4, -0.2) is 93.1 Å². The minimum atomic E-state index is -1.59. The summed E-state index contributed by atoms with van der Waals surface area (Å²) in [4.78, 5) is 25.5. The fraction of sp³-hybridized carbons (Fsp3) is 0.517. The van der Waals surface area contributed by atoms with Gasteiger partial charge in [-0.2, -0.15) is 0 Å². The van der Waals surface area contributed by atoms with E-state index in [9.17, 15) is 35.1 Å². The third-order valence-electron chi connectivity index (χ3n) is 8.46. The first kappa shape index (κ1) is 28.5. The summed E-state index contributed by atoms with van der Waals surface area (Å²) in [5, 5.41) is 49.7. The maximum Gasteiger partial charge on any atom is 0.334 e. The molecule has 2 aliphatic carbocycles. The van der Waals surface area contributed by atoms with Gasteiger partial charge in [0.05, 0.1) is 25.0 Å². The van der Waals surface area contributed by atoms with E-state index in [0.717, 1.165) is 5.57 Å². The zero-order chi connectivity index (χ0) is 28.9. The van der Waals surface area contributed by atoms with Crippen LogP contribution in [-0.2, 0) is 35.0 Å². The average Bonchev–Trinajstić information content (AvgIpc) is 3.36. The van der Waals surface area contributed by atoms with Gasteiger partial charge >= 0.3 is 11.9 Å². The number of aromatic hydroxyl groups is 1. The van der Waals surface area contributed by atoms with Crippen molar-refractivity contribution < 1.29 is 54.1 Å². The molecular formula is C29H34O11. The summed E-state index contributed by atoms with van der Waals surface area (Å²) in [6.45, 7) is 11.8. The van der Waals surface area contributed by atoms with E-state index in [4.69, 9.17) is 18.9 Å². The molecule has 0 aromatic heterocycles. The highest BCUT2D eigenvalue weighted by atomic mass is 16.7. The van der Waals surface area contributed by atoms with Crippen LogP contribution in [0, 0.1) is 17.8 Å². The number of benzene rings is 1. The van der Waals surface area contributed by atoms with E-state index in [1.807, 2.05) is 0 Å². The number of aliphatic hydroxyl groups excluding tert-OH is 4. The van der Waals surface area contributed by atoms with Crippen LogP contribution in [0.4, 0.5) is 0 Å². The second-order valence-corrected chi connectivity index (χ2v) is 10.9. The number of ether oxygens (including phenoxy) is 4. The Morgan fingerprint density at radius 2 is 1.73 bits per heavy atom. The number of phenolic OH excluding ortho intramolecular Hbond substituents is 1. The lowest BCUT2D eigenvalue weighted by atomic mass is 9.81. The first-order valence-electron chi connectivity index (χ1n) is 13.2. The molecule has 5 N–H and O–H groups in total. The van der Waals surface area contributed by atoms with Crippen molar-refractivity contribution in [2.45, 2.75) is 68.3 Å². The lowest BCUT2D eigenvalue weighted by molar-refractivity contribution is -0.308. The van der Waals surface area contributed by atoms with Gasteiger partial charge in [0.1, 0.15) is 42.4 Å². The molecule has 2 heterocycles. The van der Waals surface area contributed by atoms with Gasteiger partial charge in [-0.25, -0.2) is 4.79 Å². The average molecular weight is 559 g/mol. The minimum absolute atomic E-state index is 0.0313. The zero-order valence-corrected chi connectivity index (χ0v) is 21.8. The van der Waals surface area contributed by atoms with E-state index in [2.05, 4.69) is 19.7 Å². The highest BCUT2D eigenvalue weighted by Gasteiger charge is 2.58. The molecule has 2 saturated heterocycles. The quantitative estimate of drug-likeness (QED) is 0.184. The maximum absolute atomic E-state index is 12.9. The molecule has 1 aromatic carbocycles. The number of hydrogen-bond donors (Lipinski definition) is 5. The molecule has 11 heteroatoms. The monoisotopic (exact) mass is 558 g/mol. The maximum atomic E-state index is 12.9. The van der Waals surface area contributed by atoms with Crippen molar-refractivity contribution >= 4 is 11.9 Å². The molecule has 4 aliphatic rings. The molecule has 40 heavy (non-hydrogen) atoms. The van der Waals surface area contributed by atoms with Crippen molar-refractivity contribution in [3.05, 3.63) is 66.3 Å². The van der Waals surface area contributed by atoms with Gasteiger partial charge < -0.3 is 44.5 Å². The number of carbonyl (C=O) groups excluding carboxylic acids is 2. The molecule has 2 aliphatic heterocycles. The third-order valence-corrected chi connectivity index (χ3v) is 8.46. The Balaban J connectivity index is 1.34. The zero-order valence-electron chi connectivity index (χ0n) is 21.8. The Kier molecular flexibility index (Phi) is 7.88. The molecule has 11 unspecified atom stereocenters. The molecule has 11 atom stereocenters. The van der Waals surface area contributed by atoms with Crippen molar-refractivity contribution in [3.63, 3.8) is 0 Å². The second kappa shape index (κ2) is 11.1. The van der Waals surface area contributed by atoms with Crippen LogP contribution >= 0.6 is 0 Å². The van der Waals surface area contributed by atoms with Gasteiger partial charge in [-0.05, 0) is 35.6 Å². The Bertz CT molecular complexity index is 1190. The van der Waals surface area contributed by atoms with Crippen LogP contribution in [0.2, 0.25) is 0 Å². The lowest BCUT2D eigenvalue weighted by Gasteiger charge is -2.40. The van der Waals surface area contributed by atoms with E-state index in [0.29, 0.717) is 17.6 Å². The highest BCUT2D eigenvalue weighted by Crippen LogP contribution is 2.53. The molecule has 0 amide bonds. The van der Waals surface area contributed by atoms with Crippen molar-refractivity contribution in [1.82, 2.24) is 0 Å². The predicted molar refractivity (Wildman–Crippen MR) is 137 cm³/mol. The van der Waals surface area contributed by atoms with Crippen molar-refractivity contribution in [3.8, 4) is 5.75 Å². The van der Waals surface area contributed by atoms with Crippen molar-refractivity contribution in [2.75, 3.05) is 6.61 Å². The number of aliphatic hydroxyl groups is 4. The second-order valence-electron chi connectivity index (χ2n) is 10.9. The van der Waals surface area contributed by atoms with Crippen LogP contribution in [0.15, 0.2) is 60.7 Å². The van der Waals surface area contributed by atoms with Crippen LogP contribution in [0.5, 0.6) is 5.75 Å². The largest absolute Gasteiger partial charge is 0.508 e. The molecular weight excluding hydrogens is 524 g/mol. The molecule has 0 spiro atoms. The Labute approximate surface area is 230 Å². The highest BCUT2D eigenvalue weighted by molar-refractivity contribution is 5.91. The van der Waals surface area contributed by atoms with Gasteiger partial charge in [0, 0.05) is 17.9 Å². The van der Waals surface area contributed by atoms with Gasteiger partial charge in [-0.3, -0.25) is 4.79 Å². The van der Waals surface area contributed by atoms with Gasteiger partial charge in [-0.1, -0.05) is 37.4 Å². The van der Waals surface area contributed by atoms with Crippen LogP contribution in [0.1, 0.15) is 18.4 Å². The number of esters is 2. The van der Waals surface area contributed by atoms with E-state index < -0.39 is 79.4 Å². The first-order valence-corrected chi connectivity index (χ1v) is 13.2. The van der Waals surface area contributed by atoms with E-state index >= 15 is 0 Å². The fourth-order valence-electron chi connectivity index (χ4n) is 6.33. The number of carbonyl (C=O) groups is 2. The van der Waals surface area contributed by atoms with Gasteiger partial charge in [-0.15, -0.1) is 0 Å². The Morgan fingerprint density at radius 3 is 2.40 bits per heavy atom. The SMILES string of the molecule is C=C1CC(OC(=O)Cc2ccc(O)cc2)C2C(=C)C(=O)OC2C2C(=C)C(OC3OC(CO)C(O)C(O)C3O)CC12. The summed E-state index contributed by atoms with van der Waals surface area (Å²) in [5.74, 6) is -2.38. The smallest absolute Gasteiger partial charge is 0.334 e. The molecule has 2 saturated carbocycles. The summed E-state index contributed by atoms with van der Waals surface area (Å²) in [5.41, 5.74) is 2.14. The predicted octanol–water partition coefficient (Wildman–Crippen LogP) is 0.282. The molecule has 4 fully saturated rings. The number of rotatable bonds is 6. The molecule has 0 radical (unpaired) electrons. The van der Waals surface area contributed by atoms with Gasteiger partial charge in [0.25, 0.3) is 0 Å². The van der Waals surface area contributed by atoms with Crippen LogP contribution in [0.25, 0.3) is 0 Å². The van der Waals surface area contributed by atoms with Crippen LogP contribution in [0.3, 0.4) is 0 Å². The van der Waals surface area contributed by atoms with Gasteiger partial charge in [0.15, 0.2) is 6.29 Å². The van der Waals surface area contributed by atoms with Gasteiger partial charge in [0.2, 0.25) is 0 Å². The minimum Gasteiger partial charge on any atom is -0.508 e. The van der Waals surface area contributed by atoms with Crippen LogP contribution < -0.4 is 0 Å². The number of hydrogen-bond acceptors (Lipinski definition) is 11. The summed E-state index contributed by atoms with van der Waals surface area (Å²) in [6, 6.07) is 6.20. The lowest BCUT2D eigenvalue weighted by Crippen LogP contribution is -2.59.